The van der Waals surface area contributed by atoms with Crippen molar-refractivity contribution in [3.05, 3.63) is 101 Å². The van der Waals surface area contributed by atoms with Crippen molar-refractivity contribution in [2.24, 2.45) is 5.92 Å². The van der Waals surface area contributed by atoms with Crippen LogP contribution in [0.3, 0.4) is 0 Å². The number of aromatic nitrogens is 2. The van der Waals surface area contributed by atoms with Gasteiger partial charge in [0.05, 0.1) is 11.3 Å². The molecule has 7 rings (SSSR count). The van der Waals surface area contributed by atoms with Gasteiger partial charge in [-0.1, -0.05) is 67.6 Å². The molecule has 7 heteroatoms. The number of allylic oxidation sites excluding steroid dienone is 4. The van der Waals surface area contributed by atoms with Crippen LogP contribution in [0.15, 0.2) is 82.5 Å². The third-order valence-electron chi connectivity index (χ3n) is 8.91. The molecule has 0 amide bonds. The van der Waals surface area contributed by atoms with Gasteiger partial charge in [-0.25, -0.2) is 0 Å². The summed E-state index contributed by atoms with van der Waals surface area (Å²) < 4.78 is 54.7. The minimum Gasteiger partial charge on any atom is -0.493 e. The Morgan fingerprint density at radius 1 is 0.868 bits per heavy atom. The molecule has 1 aromatic heterocycles. The Labute approximate surface area is 220 Å². The lowest BCUT2D eigenvalue weighted by atomic mass is 9.52. The van der Waals surface area contributed by atoms with E-state index in [1.165, 1.54) is 5.56 Å². The maximum atomic E-state index is 14.3. The number of halogens is 3. The molecule has 4 aliphatic carbocycles. The van der Waals surface area contributed by atoms with E-state index in [2.05, 4.69) is 34.5 Å². The molecule has 0 N–H and O–H groups in total. The molecule has 0 radical (unpaired) electrons. The summed E-state index contributed by atoms with van der Waals surface area (Å²) in [5, 5.41) is 8.54. The molecule has 1 atom stereocenters. The lowest BCUT2D eigenvalue weighted by molar-refractivity contribution is -0.0887. The van der Waals surface area contributed by atoms with Gasteiger partial charge in [-0.05, 0) is 67.1 Å². The zero-order chi connectivity index (χ0) is 26.4. The first-order valence-corrected chi connectivity index (χ1v) is 13.4. The molecule has 2 aromatic carbocycles. The van der Waals surface area contributed by atoms with Gasteiger partial charge in [0.15, 0.2) is 0 Å². The third-order valence-corrected chi connectivity index (χ3v) is 8.91. The van der Waals surface area contributed by atoms with Crippen molar-refractivity contribution < 1.29 is 22.3 Å². The van der Waals surface area contributed by atoms with Gasteiger partial charge in [0.2, 0.25) is 11.8 Å². The first kappa shape index (κ1) is 25.0. The van der Waals surface area contributed by atoms with Crippen molar-refractivity contribution in [1.82, 2.24) is 10.2 Å². The molecule has 1 heterocycles. The molecular formula is C31H31F3N2O2. The zero-order valence-electron chi connectivity index (χ0n) is 21.4. The second kappa shape index (κ2) is 9.44. The monoisotopic (exact) mass is 520 g/mol. The maximum Gasteiger partial charge on any atom is 0.417 e. The van der Waals surface area contributed by atoms with Crippen LogP contribution < -0.4 is 0 Å². The van der Waals surface area contributed by atoms with E-state index in [9.17, 15) is 13.2 Å². The molecular weight excluding hydrogens is 489 g/mol. The number of hydrogen-bond acceptors (Lipinski definition) is 4. The fourth-order valence-electron chi connectivity index (χ4n) is 6.66. The van der Waals surface area contributed by atoms with E-state index in [0.29, 0.717) is 18.1 Å². The Morgan fingerprint density at radius 3 is 2.11 bits per heavy atom. The van der Waals surface area contributed by atoms with Crippen molar-refractivity contribution in [2.75, 3.05) is 0 Å². The van der Waals surface area contributed by atoms with Crippen LogP contribution in [0.4, 0.5) is 13.2 Å². The largest absolute Gasteiger partial charge is 0.493 e. The number of ether oxygens (including phenoxy) is 1. The van der Waals surface area contributed by atoms with Crippen LogP contribution in [-0.2, 0) is 22.2 Å². The Hall–Kier alpha value is -3.35. The second-order valence-corrected chi connectivity index (χ2v) is 11.2. The highest BCUT2D eigenvalue weighted by atomic mass is 19.4. The summed E-state index contributed by atoms with van der Waals surface area (Å²) in [4.78, 5) is 0. The minimum absolute atomic E-state index is 0.0157. The number of alkyl halides is 3. The molecule has 4 aliphatic rings. The maximum absolute atomic E-state index is 14.3. The van der Waals surface area contributed by atoms with E-state index < -0.39 is 17.7 Å². The van der Waals surface area contributed by atoms with Gasteiger partial charge in [-0.15, -0.1) is 10.2 Å². The molecule has 0 saturated heterocycles. The molecule has 0 spiro atoms. The molecule has 38 heavy (non-hydrogen) atoms. The van der Waals surface area contributed by atoms with E-state index >= 15 is 0 Å². The summed E-state index contributed by atoms with van der Waals surface area (Å²) >= 11 is 0. The van der Waals surface area contributed by atoms with Gasteiger partial charge in [0, 0.05) is 17.4 Å². The van der Waals surface area contributed by atoms with Crippen molar-refractivity contribution >= 4 is 5.57 Å². The third kappa shape index (κ3) is 4.46. The number of hydrogen-bond donors (Lipinski definition) is 0. The van der Waals surface area contributed by atoms with Gasteiger partial charge >= 0.3 is 6.18 Å². The number of nitrogens with zero attached hydrogens (tertiary/aromatic N) is 2. The fraction of sp³-hybridized carbons (Fsp3) is 0.419. The number of fused-ring (bicyclic) bond motifs is 3. The summed E-state index contributed by atoms with van der Waals surface area (Å²) in [6.45, 7) is 1.98. The van der Waals surface area contributed by atoms with E-state index in [1.807, 2.05) is 36.4 Å². The summed E-state index contributed by atoms with van der Waals surface area (Å²) in [5.74, 6) is 0.312. The Kier molecular flexibility index (Phi) is 6.20. The Morgan fingerprint density at radius 2 is 1.47 bits per heavy atom. The highest BCUT2D eigenvalue weighted by Crippen LogP contribution is 2.58. The van der Waals surface area contributed by atoms with Crippen molar-refractivity contribution in [1.29, 1.82) is 0 Å². The quantitative estimate of drug-likeness (QED) is 0.330. The van der Waals surface area contributed by atoms with Crippen LogP contribution in [0.2, 0.25) is 0 Å². The molecule has 198 valence electrons. The number of rotatable bonds is 6. The standard InChI is InChI=1S/C31H31F3N2O2/c1-21-18-24(37-20-22-8-4-2-5-9-22)19-25(31(32,33)34)26(21)27-35-36-28(38-27)30-15-12-29(13-16-30,14-17-30)23-10-6-3-7-11-23/h2-11,19,21H,12-18,20H2,1H3. The van der Waals surface area contributed by atoms with Crippen LogP contribution in [0.5, 0.6) is 0 Å². The molecule has 4 nitrogen and oxygen atoms in total. The van der Waals surface area contributed by atoms with E-state index in [-0.39, 0.29) is 28.9 Å². The van der Waals surface area contributed by atoms with Crippen molar-refractivity contribution in [3.63, 3.8) is 0 Å². The summed E-state index contributed by atoms with van der Waals surface area (Å²) in [6, 6.07) is 20.1. The van der Waals surface area contributed by atoms with E-state index in [1.54, 1.807) is 6.92 Å². The number of benzene rings is 2. The smallest absolute Gasteiger partial charge is 0.417 e. The van der Waals surface area contributed by atoms with Gasteiger partial charge in [-0.2, -0.15) is 13.2 Å². The highest BCUT2D eigenvalue weighted by molar-refractivity contribution is 5.70. The topological polar surface area (TPSA) is 48.2 Å². The predicted octanol–water partition coefficient (Wildman–Crippen LogP) is 8.07. The second-order valence-electron chi connectivity index (χ2n) is 11.2. The van der Waals surface area contributed by atoms with E-state index in [4.69, 9.17) is 9.15 Å². The molecule has 3 saturated carbocycles. The van der Waals surface area contributed by atoms with Gasteiger partial charge in [-0.3, -0.25) is 0 Å². The van der Waals surface area contributed by atoms with Gasteiger partial charge < -0.3 is 9.15 Å². The molecule has 0 aliphatic heterocycles. The fourth-order valence-corrected chi connectivity index (χ4v) is 6.66. The van der Waals surface area contributed by atoms with Crippen LogP contribution in [0.25, 0.3) is 5.57 Å². The summed E-state index contributed by atoms with van der Waals surface area (Å²) in [5.41, 5.74) is 1.51. The van der Waals surface area contributed by atoms with Crippen molar-refractivity contribution in [2.45, 2.75) is 75.5 Å². The normalized spacial score (nSPS) is 27.4. The van der Waals surface area contributed by atoms with E-state index in [0.717, 1.165) is 50.2 Å². The Bertz CT molecular complexity index is 1330. The highest BCUT2D eigenvalue weighted by Gasteiger charge is 2.53. The predicted molar refractivity (Wildman–Crippen MR) is 138 cm³/mol. The van der Waals surface area contributed by atoms with Crippen LogP contribution in [0, 0.1) is 5.92 Å². The van der Waals surface area contributed by atoms with Crippen LogP contribution in [-0.4, -0.2) is 16.4 Å². The average Bonchev–Trinajstić information content (AvgIpc) is 3.44. The average molecular weight is 521 g/mol. The Balaban J connectivity index is 1.26. The lowest BCUT2D eigenvalue weighted by Gasteiger charge is -2.52. The van der Waals surface area contributed by atoms with Gasteiger partial charge in [0.1, 0.15) is 6.61 Å². The molecule has 2 bridgehead atoms. The summed E-state index contributed by atoms with van der Waals surface area (Å²) in [6.07, 6.45) is 2.65. The van der Waals surface area contributed by atoms with Gasteiger partial charge in [0.25, 0.3) is 0 Å². The first-order valence-electron chi connectivity index (χ1n) is 13.4. The summed E-state index contributed by atoms with van der Waals surface area (Å²) in [7, 11) is 0. The van der Waals surface area contributed by atoms with Crippen LogP contribution in [0.1, 0.15) is 74.8 Å². The minimum atomic E-state index is -4.57. The first-order chi connectivity index (χ1) is 18.3. The lowest BCUT2D eigenvalue weighted by Crippen LogP contribution is -2.46. The molecule has 3 aromatic rings. The molecule has 1 unspecified atom stereocenters. The van der Waals surface area contributed by atoms with Crippen LogP contribution >= 0.6 is 0 Å². The zero-order valence-corrected chi connectivity index (χ0v) is 21.4. The SMILES string of the molecule is CC1CC(OCc2ccccc2)=CC(C(F)(F)F)=C1c1nnc(C23CCC(c4ccccc4)(CC2)CC3)o1. The molecule has 3 fully saturated rings. The van der Waals surface area contributed by atoms with Crippen molar-refractivity contribution in [3.8, 4) is 0 Å².